The van der Waals surface area contributed by atoms with Crippen LogP contribution in [-0.2, 0) is 41.4 Å². The van der Waals surface area contributed by atoms with Gasteiger partial charge in [-0.2, -0.15) is 5.10 Å². The molecule has 3 aromatic heterocycles. The third-order valence-corrected chi connectivity index (χ3v) is 14.7. The lowest BCUT2D eigenvalue weighted by Gasteiger charge is -2.61. The van der Waals surface area contributed by atoms with Gasteiger partial charge in [-0.1, -0.05) is 49.7 Å². The van der Waals surface area contributed by atoms with Crippen molar-refractivity contribution in [2.24, 2.45) is 5.41 Å². The predicted octanol–water partition coefficient (Wildman–Crippen LogP) is 5.47. The zero-order chi connectivity index (χ0) is 44.5. The molecule has 0 radical (unpaired) electrons. The lowest BCUT2D eigenvalue weighted by Crippen LogP contribution is -2.71. The Balaban J connectivity index is 0.626. The molecule has 9 heterocycles. The van der Waals surface area contributed by atoms with Crippen LogP contribution in [0.15, 0.2) is 73.2 Å². The minimum atomic E-state index is -0.987. The second-order valence-electron chi connectivity index (χ2n) is 19.4. The van der Waals surface area contributed by atoms with E-state index in [9.17, 15) is 19.5 Å². The third kappa shape index (κ3) is 7.95. The lowest BCUT2D eigenvalue weighted by molar-refractivity contribution is -0.136. The summed E-state index contributed by atoms with van der Waals surface area (Å²) in [5.41, 5.74) is 7.16. The normalized spacial score (nSPS) is 22.8. The fraction of sp³-hybridized carbons (Fsp3) is 0.449. The number of hydrogen-bond acceptors (Lipinski definition) is 12. The molecule has 4 saturated heterocycles. The number of aliphatic hydroxyl groups is 1. The summed E-state index contributed by atoms with van der Waals surface area (Å²) in [4.78, 5) is 59.6. The number of nitrogens with zero attached hydrogens (tertiary/aromatic N) is 9. The van der Waals surface area contributed by atoms with Crippen molar-refractivity contribution in [1.29, 1.82) is 0 Å². The molecular formula is C49H54FN11O4. The van der Waals surface area contributed by atoms with Crippen LogP contribution in [0.5, 0.6) is 0 Å². The number of fused-ring (bicyclic) bond motifs is 2. The number of imide groups is 1. The van der Waals surface area contributed by atoms with Crippen LogP contribution >= 0.6 is 0 Å². The topological polar surface area (TPSA) is 165 Å². The smallest absolute Gasteiger partial charge is 0.255 e. The Morgan fingerprint density at radius 3 is 2.35 bits per heavy atom. The minimum Gasteiger partial charge on any atom is -0.385 e. The first-order valence-electron chi connectivity index (χ1n) is 23.1. The highest BCUT2D eigenvalue weighted by Crippen LogP contribution is 2.43. The number of piperidine rings is 2. The Morgan fingerprint density at radius 1 is 0.846 bits per heavy atom. The first-order chi connectivity index (χ1) is 31.5. The Labute approximate surface area is 377 Å². The molecule has 1 spiro atoms. The first kappa shape index (κ1) is 41.6. The van der Waals surface area contributed by atoms with Crippen molar-refractivity contribution in [1.82, 2.24) is 44.7 Å². The van der Waals surface area contributed by atoms with Crippen molar-refractivity contribution >= 4 is 35.2 Å². The molecule has 3 amide bonds. The van der Waals surface area contributed by atoms with Crippen LogP contribution in [0.25, 0.3) is 11.3 Å². The summed E-state index contributed by atoms with van der Waals surface area (Å²) >= 11 is 0. The number of aromatic nitrogens is 5. The summed E-state index contributed by atoms with van der Waals surface area (Å²) < 4.78 is 17.1. The molecule has 6 aliphatic rings. The molecular weight excluding hydrogens is 826 g/mol. The number of amides is 3. The van der Waals surface area contributed by atoms with Gasteiger partial charge in [0.25, 0.3) is 5.91 Å². The molecule has 3 N–H and O–H groups in total. The number of hydrogen-bond donors (Lipinski definition) is 3. The van der Waals surface area contributed by atoms with E-state index in [4.69, 9.17) is 0 Å². The predicted molar refractivity (Wildman–Crippen MR) is 240 cm³/mol. The maximum absolute atomic E-state index is 15.1. The van der Waals surface area contributed by atoms with Crippen LogP contribution in [0.2, 0.25) is 0 Å². The number of carbonyl (C=O) groups is 3. The molecule has 336 valence electrons. The van der Waals surface area contributed by atoms with Gasteiger partial charge in [-0.15, -0.1) is 0 Å². The number of nitrogens with one attached hydrogen (secondary N) is 2. The molecule has 0 aliphatic carbocycles. The quantitative estimate of drug-likeness (QED) is 0.152. The maximum Gasteiger partial charge on any atom is 0.255 e. The van der Waals surface area contributed by atoms with Crippen molar-refractivity contribution in [2.75, 3.05) is 49.5 Å². The lowest BCUT2D eigenvalue weighted by atomic mass is 9.72. The number of aryl methyl sites for hydroxylation is 1. The Hall–Kier alpha value is -6.10. The SMILES string of the molecule is C[C@H]1CCCCn2ncc(-c3nc(Nc4ccc(N5CC6(CN(Cc7ccc(CN8CCC(O)(c9ccc%10c(c9)CN(C9CCC(=O)NC9=O)C%10=O)CC8)cc7)C6)C5)cn4)ncc3F)c21. The average molecular weight is 880 g/mol. The van der Waals surface area contributed by atoms with E-state index < -0.39 is 23.4 Å². The van der Waals surface area contributed by atoms with E-state index in [1.807, 2.05) is 29.1 Å². The van der Waals surface area contributed by atoms with Gasteiger partial charge in [0.05, 0.1) is 35.6 Å². The van der Waals surface area contributed by atoms with Gasteiger partial charge in [-0.3, -0.25) is 34.2 Å². The monoisotopic (exact) mass is 879 g/mol. The van der Waals surface area contributed by atoms with Crippen molar-refractivity contribution in [2.45, 2.75) is 95.6 Å². The van der Waals surface area contributed by atoms with Crippen LogP contribution in [0.4, 0.5) is 21.8 Å². The molecule has 2 atom stereocenters. The van der Waals surface area contributed by atoms with Crippen molar-refractivity contribution in [3.8, 4) is 11.3 Å². The summed E-state index contributed by atoms with van der Waals surface area (Å²) in [5, 5.41) is 21.8. The van der Waals surface area contributed by atoms with Gasteiger partial charge in [0.15, 0.2) is 5.82 Å². The van der Waals surface area contributed by atoms with Gasteiger partial charge in [0.1, 0.15) is 17.6 Å². The van der Waals surface area contributed by atoms with Crippen LogP contribution in [0.1, 0.15) is 96.1 Å². The fourth-order valence-electron chi connectivity index (χ4n) is 11.2. The van der Waals surface area contributed by atoms with Gasteiger partial charge in [-0.25, -0.2) is 19.3 Å². The molecule has 4 fully saturated rings. The highest BCUT2D eigenvalue weighted by molar-refractivity contribution is 6.05. The summed E-state index contributed by atoms with van der Waals surface area (Å²) in [5.74, 6) is -0.228. The van der Waals surface area contributed by atoms with Crippen LogP contribution in [0, 0.1) is 11.2 Å². The number of benzene rings is 2. The zero-order valence-corrected chi connectivity index (χ0v) is 36.7. The Morgan fingerprint density at radius 2 is 1.62 bits per heavy atom. The molecule has 2 aromatic carbocycles. The molecule has 11 rings (SSSR count). The highest BCUT2D eigenvalue weighted by Gasteiger charge is 2.51. The Kier molecular flexibility index (Phi) is 10.5. The van der Waals surface area contributed by atoms with E-state index in [2.05, 4.69) is 82.6 Å². The molecule has 6 aliphatic heterocycles. The highest BCUT2D eigenvalue weighted by atomic mass is 19.1. The number of rotatable bonds is 10. The van der Waals surface area contributed by atoms with Gasteiger partial charge in [-0.05, 0) is 78.5 Å². The van der Waals surface area contributed by atoms with E-state index in [1.165, 1.54) is 17.3 Å². The average Bonchev–Trinajstić information content (AvgIpc) is 3.79. The zero-order valence-electron chi connectivity index (χ0n) is 36.7. The second-order valence-corrected chi connectivity index (χ2v) is 19.4. The summed E-state index contributed by atoms with van der Waals surface area (Å²) in [6.45, 7) is 10.7. The van der Waals surface area contributed by atoms with E-state index in [0.29, 0.717) is 48.6 Å². The van der Waals surface area contributed by atoms with Gasteiger partial charge in [0, 0.05) is 88.4 Å². The van der Waals surface area contributed by atoms with E-state index >= 15 is 4.39 Å². The molecule has 16 heteroatoms. The minimum absolute atomic E-state index is 0.204. The molecule has 1 unspecified atom stereocenters. The van der Waals surface area contributed by atoms with Crippen molar-refractivity contribution in [3.63, 3.8) is 0 Å². The van der Waals surface area contributed by atoms with E-state index in [0.717, 1.165) is 106 Å². The van der Waals surface area contributed by atoms with Gasteiger partial charge < -0.3 is 20.2 Å². The largest absolute Gasteiger partial charge is 0.385 e. The van der Waals surface area contributed by atoms with Crippen LogP contribution in [-0.4, -0.2) is 108 Å². The fourth-order valence-corrected chi connectivity index (χ4v) is 11.2. The molecule has 15 nitrogen and oxygen atoms in total. The van der Waals surface area contributed by atoms with Gasteiger partial charge >= 0.3 is 0 Å². The third-order valence-electron chi connectivity index (χ3n) is 14.7. The molecule has 65 heavy (non-hydrogen) atoms. The van der Waals surface area contributed by atoms with E-state index in [1.54, 1.807) is 17.2 Å². The number of likely N-dealkylation sites (tertiary alicyclic amines) is 2. The molecule has 5 aromatic rings. The number of anilines is 3. The maximum atomic E-state index is 15.1. The summed E-state index contributed by atoms with van der Waals surface area (Å²) in [6, 6.07) is 17.8. The molecule has 0 bridgehead atoms. The summed E-state index contributed by atoms with van der Waals surface area (Å²) in [6.07, 6.45) is 9.77. The van der Waals surface area contributed by atoms with Crippen molar-refractivity contribution in [3.05, 3.63) is 113 Å². The van der Waals surface area contributed by atoms with Crippen molar-refractivity contribution < 1.29 is 23.9 Å². The summed E-state index contributed by atoms with van der Waals surface area (Å²) in [7, 11) is 0. The number of carbonyl (C=O) groups excluding carboxylic acids is 3. The van der Waals surface area contributed by atoms with Crippen LogP contribution < -0.4 is 15.5 Å². The van der Waals surface area contributed by atoms with Gasteiger partial charge in [0.2, 0.25) is 17.8 Å². The van der Waals surface area contributed by atoms with Crippen LogP contribution in [0.3, 0.4) is 0 Å². The second kappa shape index (κ2) is 16.4. The standard InChI is InChI=1S/C49H54FN11O4/c1-31-4-2-3-17-61-44(31)38(22-53-61)43-39(50)23-52-47(56-43)54-41-13-10-36(21-51-41)59-29-48(30-59)27-58(28-48)25-33-7-5-32(6-8-33)24-57-18-15-49(65,16-19-57)35-9-11-37-34(20-35)26-60(46(37)64)40-12-14-42(62)55-45(40)63/h5-11,13,20-23,31,40,65H,2-4,12,14-19,24-30H2,1H3,(H,55,62,63)(H,51,52,54,56)/t31-,40?/m0/s1. The van der Waals surface area contributed by atoms with E-state index in [-0.39, 0.29) is 29.8 Å². The number of pyridine rings is 1. The number of halogens is 1. The molecule has 0 saturated carbocycles. The first-order valence-corrected chi connectivity index (χ1v) is 23.1. The Bertz CT molecular complexity index is 2650.